The van der Waals surface area contributed by atoms with E-state index in [-0.39, 0.29) is 11.5 Å². The number of morpholine rings is 1. The molecule has 1 amide bonds. The maximum absolute atomic E-state index is 14.4. The zero-order chi connectivity index (χ0) is 25.7. The van der Waals surface area contributed by atoms with Crippen LogP contribution in [0.25, 0.3) is 11.1 Å². The third kappa shape index (κ3) is 4.35. The third-order valence-corrected chi connectivity index (χ3v) is 7.75. The molecule has 1 fully saturated rings. The van der Waals surface area contributed by atoms with Crippen molar-refractivity contribution in [3.8, 4) is 11.1 Å². The molecule has 1 aromatic heterocycles. The fraction of sp³-hybridized carbons (Fsp3) is 0.429. The summed E-state index contributed by atoms with van der Waals surface area (Å²) < 4.78 is 36.0. The van der Waals surface area contributed by atoms with Crippen molar-refractivity contribution in [3.63, 3.8) is 0 Å². The first-order chi connectivity index (χ1) is 17.9. The van der Waals surface area contributed by atoms with Gasteiger partial charge in [-0.25, -0.2) is 8.78 Å². The quantitative estimate of drug-likeness (QED) is 0.508. The Hall–Kier alpha value is -3.46. The summed E-state index contributed by atoms with van der Waals surface area (Å²) in [5.74, 6) is 0.0372. The second-order valence-electron chi connectivity index (χ2n) is 10.1. The molecular formula is C28H31F2N5O2. The number of anilines is 3. The highest BCUT2D eigenvalue weighted by atomic mass is 19.3. The molecule has 0 atom stereocenters. The third-order valence-electron chi connectivity index (χ3n) is 7.75. The molecule has 3 aliphatic rings. The molecule has 2 aromatic carbocycles. The van der Waals surface area contributed by atoms with Crippen molar-refractivity contribution in [2.75, 3.05) is 42.6 Å². The molecule has 37 heavy (non-hydrogen) atoms. The second-order valence-corrected chi connectivity index (χ2v) is 10.1. The summed E-state index contributed by atoms with van der Waals surface area (Å²) in [4.78, 5) is 18.6. The van der Waals surface area contributed by atoms with Gasteiger partial charge in [0, 0.05) is 86.6 Å². The van der Waals surface area contributed by atoms with Gasteiger partial charge >= 0.3 is 0 Å². The van der Waals surface area contributed by atoms with E-state index in [0.717, 1.165) is 66.2 Å². The van der Waals surface area contributed by atoms with Crippen LogP contribution in [-0.4, -0.2) is 53.4 Å². The van der Waals surface area contributed by atoms with Gasteiger partial charge in [-0.05, 0) is 53.8 Å². The van der Waals surface area contributed by atoms with E-state index >= 15 is 0 Å². The summed E-state index contributed by atoms with van der Waals surface area (Å²) in [5, 5.41) is 4.20. The van der Waals surface area contributed by atoms with E-state index in [9.17, 15) is 13.6 Å². The SMILES string of the molecule is CC(=O)N1Cc2cc(N3CCOCC3)cc(N3CCCc4cc(-c5cnn(C)c5)c(C(F)F)cc43)c2C1. The number of rotatable bonds is 4. The fourth-order valence-corrected chi connectivity index (χ4v) is 5.83. The maximum atomic E-state index is 14.4. The number of nitrogens with zero attached hydrogens (tertiary/aromatic N) is 5. The van der Waals surface area contributed by atoms with Crippen molar-refractivity contribution in [1.82, 2.24) is 14.7 Å². The zero-order valence-corrected chi connectivity index (χ0v) is 21.2. The van der Waals surface area contributed by atoms with Gasteiger partial charge in [0.1, 0.15) is 0 Å². The van der Waals surface area contributed by atoms with Gasteiger partial charge in [0.15, 0.2) is 0 Å². The summed E-state index contributed by atoms with van der Waals surface area (Å²) in [6.07, 6.45) is 2.56. The lowest BCUT2D eigenvalue weighted by Crippen LogP contribution is -2.36. The predicted molar refractivity (Wildman–Crippen MR) is 138 cm³/mol. The molecule has 9 heteroatoms. The fourth-order valence-electron chi connectivity index (χ4n) is 5.83. The Morgan fingerprint density at radius 1 is 1.03 bits per heavy atom. The molecule has 4 heterocycles. The number of aryl methyl sites for hydroxylation is 2. The van der Waals surface area contributed by atoms with E-state index in [2.05, 4.69) is 27.0 Å². The summed E-state index contributed by atoms with van der Waals surface area (Å²) in [6, 6.07) is 7.97. The van der Waals surface area contributed by atoms with Crippen LogP contribution in [0.3, 0.4) is 0 Å². The minimum absolute atomic E-state index is 0.0185. The van der Waals surface area contributed by atoms with Crippen molar-refractivity contribution < 1.29 is 18.3 Å². The molecule has 194 valence electrons. The Balaban J connectivity index is 1.48. The van der Waals surface area contributed by atoms with Crippen LogP contribution in [0.2, 0.25) is 0 Å². The number of amides is 1. The number of carbonyl (C=O) groups is 1. The van der Waals surface area contributed by atoms with Crippen LogP contribution in [0.15, 0.2) is 36.7 Å². The molecule has 0 saturated carbocycles. The van der Waals surface area contributed by atoms with Crippen LogP contribution >= 0.6 is 0 Å². The number of aromatic nitrogens is 2. The van der Waals surface area contributed by atoms with Crippen LogP contribution in [0.5, 0.6) is 0 Å². The Labute approximate surface area is 215 Å². The van der Waals surface area contributed by atoms with Gasteiger partial charge in [-0.3, -0.25) is 9.48 Å². The van der Waals surface area contributed by atoms with E-state index in [1.165, 1.54) is 0 Å². The average Bonchev–Trinajstić information content (AvgIpc) is 3.54. The number of carbonyl (C=O) groups excluding carboxylic acids is 1. The molecule has 0 aliphatic carbocycles. The zero-order valence-electron chi connectivity index (χ0n) is 21.2. The van der Waals surface area contributed by atoms with Crippen molar-refractivity contribution in [1.29, 1.82) is 0 Å². The monoisotopic (exact) mass is 507 g/mol. The van der Waals surface area contributed by atoms with Crippen molar-refractivity contribution in [3.05, 3.63) is 58.9 Å². The summed E-state index contributed by atoms with van der Waals surface area (Å²) >= 11 is 0. The number of halogens is 2. The highest BCUT2D eigenvalue weighted by Crippen LogP contribution is 2.45. The number of fused-ring (bicyclic) bond motifs is 2. The second kappa shape index (κ2) is 9.45. The molecule has 6 rings (SSSR count). The van der Waals surface area contributed by atoms with Crippen LogP contribution in [0.1, 0.15) is 42.0 Å². The van der Waals surface area contributed by atoms with Gasteiger partial charge < -0.3 is 19.4 Å². The van der Waals surface area contributed by atoms with Crippen molar-refractivity contribution >= 4 is 23.0 Å². The summed E-state index contributed by atoms with van der Waals surface area (Å²) in [7, 11) is 1.79. The van der Waals surface area contributed by atoms with Gasteiger partial charge in [0.25, 0.3) is 6.43 Å². The van der Waals surface area contributed by atoms with E-state index in [1.807, 2.05) is 11.0 Å². The van der Waals surface area contributed by atoms with E-state index in [0.29, 0.717) is 37.4 Å². The highest BCUT2D eigenvalue weighted by Gasteiger charge is 2.31. The molecule has 1 saturated heterocycles. The minimum Gasteiger partial charge on any atom is -0.378 e. The molecule has 0 spiro atoms. The standard InChI is InChI=1S/C28H31F2N5O2/c1-18(36)34-16-20-10-22(33-6-8-37-9-7-33)12-27(25(20)17-34)35-5-3-4-19-11-23(21-14-31-32(2)15-21)24(28(29)30)13-26(19)35/h10-15,28H,3-9,16-17H2,1-2H3. The summed E-state index contributed by atoms with van der Waals surface area (Å²) in [5.41, 5.74) is 7.48. The number of alkyl halides is 2. The molecule has 7 nitrogen and oxygen atoms in total. The molecule has 3 aliphatic heterocycles. The van der Waals surface area contributed by atoms with E-state index in [1.54, 1.807) is 37.1 Å². The Kier molecular flexibility index (Phi) is 6.10. The van der Waals surface area contributed by atoms with Gasteiger partial charge in [-0.1, -0.05) is 0 Å². The molecule has 0 bridgehead atoms. The van der Waals surface area contributed by atoms with Crippen LogP contribution in [0, 0.1) is 0 Å². The Morgan fingerprint density at radius 3 is 2.54 bits per heavy atom. The topological polar surface area (TPSA) is 53.8 Å². The summed E-state index contributed by atoms with van der Waals surface area (Å²) in [6.45, 7) is 6.38. The number of hydrogen-bond acceptors (Lipinski definition) is 5. The van der Waals surface area contributed by atoms with E-state index in [4.69, 9.17) is 4.74 Å². The molecule has 0 N–H and O–H groups in total. The average molecular weight is 508 g/mol. The van der Waals surface area contributed by atoms with Crippen LogP contribution in [-0.2, 0) is 36.1 Å². The van der Waals surface area contributed by atoms with Gasteiger partial charge in [0.05, 0.1) is 19.4 Å². The highest BCUT2D eigenvalue weighted by molar-refractivity contribution is 5.81. The predicted octanol–water partition coefficient (Wildman–Crippen LogP) is 4.81. The first-order valence-electron chi connectivity index (χ1n) is 12.8. The Bertz CT molecular complexity index is 1350. The number of benzene rings is 2. The normalized spacial score (nSPS) is 17.4. The number of hydrogen-bond donors (Lipinski definition) is 0. The van der Waals surface area contributed by atoms with Crippen molar-refractivity contribution in [2.45, 2.75) is 39.3 Å². The lowest BCUT2D eigenvalue weighted by atomic mass is 9.92. The molecular weight excluding hydrogens is 476 g/mol. The smallest absolute Gasteiger partial charge is 0.264 e. The number of ether oxygens (including phenoxy) is 1. The van der Waals surface area contributed by atoms with Gasteiger partial charge in [-0.15, -0.1) is 0 Å². The lowest BCUT2D eigenvalue weighted by Gasteiger charge is -2.35. The van der Waals surface area contributed by atoms with E-state index < -0.39 is 6.43 Å². The lowest BCUT2D eigenvalue weighted by molar-refractivity contribution is -0.129. The Morgan fingerprint density at radius 2 is 1.84 bits per heavy atom. The first-order valence-corrected chi connectivity index (χ1v) is 12.8. The van der Waals surface area contributed by atoms with Crippen LogP contribution < -0.4 is 9.80 Å². The largest absolute Gasteiger partial charge is 0.378 e. The van der Waals surface area contributed by atoms with Crippen LogP contribution in [0.4, 0.5) is 25.8 Å². The van der Waals surface area contributed by atoms with Gasteiger partial charge in [-0.2, -0.15) is 5.10 Å². The van der Waals surface area contributed by atoms with Crippen molar-refractivity contribution in [2.24, 2.45) is 7.05 Å². The minimum atomic E-state index is -2.61. The molecule has 3 aromatic rings. The maximum Gasteiger partial charge on any atom is 0.264 e. The molecule has 0 radical (unpaired) electrons. The van der Waals surface area contributed by atoms with Gasteiger partial charge in [0.2, 0.25) is 5.91 Å². The molecule has 0 unspecified atom stereocenters. The first kappa shape index (κ1) is 23.9.